The zero-order valence-corrected chi connectivity index (χ0v) is 22.3. The summed E-state index contributed by atoms with van der Waals surface area (Å²) in [6, 6.07) is 10.1. The van der Waals surface area contributed by atoms with Gasteiger partial charge in [0.05, 0.1) is 18.5 Å². The molecule has 2 aromatic carbocycles. The number of ether oxygens (including phenoxy) is 1. The Morgan fingerprint density at radius 3 is 2.49 bits per heavy atom. The number of nitrogens with zero attached hydrogens (tertiary/aromatic N) is 3. The van der Waals surface area contributed by atoms with Crippen molar-refractivity contribution < 1.29 is 22.7 Å². The number of nitrogens with two attached hydrogens (primary N) is 1. The molecule has 0 spiro atoms. The Labute approximate surface area is 219 Å². The molecule has 3 aromatic rings. The predicted octanol–water partition coefficient (Wildman–Crippen LogP) is 6.01. The van der Waals surface area contributed by atoms with Crippen molar-refractivity contribution in [2.24, 2.45) is 5.73 Å². The molecular formula is C25H31F3N6O2S. The van der Waals surface area contributed by atoms with E-state index in [4.69, 9.17) is 10.5 Å². The van der Waals surface area contributed by atoms with E-state index in [9.17, 15) is 18.0 Å². The smallest absolute Gasteiger partial charge is 0.421 e. The fourth-order valence-electron chi connectivity index (χ4n) is 3.25. The molecule has 0 atom stereocenters. The van der Waals surface area contributed by atoms with Crippen molar-refractivity contribution in [2.45, 2.75) is 33.5 Å². The lowest BCUT2D eigenvalue weighted by Crippen LogP contribution is -2.16. The summed E-state index contributed by atoms with van der Waals surface area (Å²) in [5.74, 6) is -0.851. The van der Waals surface area contributed by atoms with Gasteiger partial charge in [0.2, 0.25) is 11.9 Å². The molecule has 3 rings (SSSR count). The maximum absolute atomic E-state index is 13.7. The second-order valence-electron chi connectivity index (χ2n) is 7.52. The highest BCUT2D eigenvalue weighted by atomic mass is 32.2. The molecule has 37 heavy (non-hydrogen) atoms. The maximum atomic E-state index is 13.7. The summed E-state index contributed by atoms with van der Waals surface area (Å²) in [5, 5.41) is 5.65. The topological polar surface area (TPSA) is 105 Å². The number of anilines is 4. The Kier molecular flexibility index (Phi) is 10.4. The Hall–Kier alpha value is -3.67. The van der Waals surface area contributed by atoms with Gasteiger partial charge in [0.25, 0.3) is 0 Å². The number of amides is 1. The lowest BCUT2D eigenvalue weighted by molar-refractivity contribution is -0.137. The third-order valence-electron chi connectivity index (χ3n) is 5.13. The Bertz CT molecular complexity index is 1220. The van der Waals surface area contributed by atoms with E-state index in [2.05, 4.69) is 20.6 Å². The number of aromatic nitrogens is 2. The number of alkyl halides is 3. The Morgan fingerprint density at radius 1 is 1.19 bits per heavy atom. The van der Waals surface area contributed by atoms with Gasteiger partial charge in [-0.1, -0.05) is 37.9 Å². The molecule has 8 nitrogen and oxygen atoms in total. The SMILES string of the molecule is CC.COc1cc(C(N)=O)ccc1Nc1ncc(C(F)(F)F)c(NCc2ccc(C)cc2N(C)SC)n1. The van der Waals surface area contributed by atoms with Crippen molar-refractivity contribution >= 4 is 41.0 Å². The highest BCUT2D eigenvalue weighted by molar-refractivity contribution is 7.99. The molecule has 0 saturated carbocycles. The lowest BCUT2D eigenvalue weighted by Gasteiger charge is -2.21. The van der Waals surface area contributed by atoms with Crippen molar-refractivity contribution in [1.29, 1.82) is 0 Å². The van der Waals surface area contributed by atoms with Crippen LogP contribution >= 0.6 is 11.9 Å². The molecule has 12 heteroatoms. The van der Waals surface area contributed by atoms with E-state index in [-0.39, 0.29) is 29.6 Å². The summed E-state index contributed by atoms with van der Waals surface area (Å²) in [5.41, 5.74) is 7.57. The van der Waals surface area contributed by atoms with E-state index in [1.54, 1.807) is 0 Å². The number of aryl methyl sites for hydroxylation is 1. The number of hydrogen-bond acceptors (Lipinski definition) is 8. The minimum Gasteiger partial charge on any atom is -0.495 e. The maximum Gasteiger partial charge on any atom is 0.421 e. The van der Waals surface area contributed by atoms with E-state index in [0.29, 0.717) is 11.9 Å². The quantitative estimate of drug-likeness (QED) is 0.286. The first-order valence-electron chi connectivity index (χ1n) is 11.3. The van der Waals surface area contributed by atoms with Crippen LogP contribution in [0.4, 0.5) is 36.3 Å². The van der Waals surface area contributed by atoms with E-state index in [1.165, 1.54) is 37.3 Å². The Morgan fingerprint density at radius 2 is 1.89 bits per heavy atom. The third kappa shape index (κ3) is 7.66. The molecule has 1 aromatic heterocycles. The number of carbonyl (C=O) groups excluding carboxylic acids is 1. The minimum absolute atomic E-state index is 0.0870. The van der Waals surface area contributed by atoms with Crippen LogP contribution in [0.15, 0.2) is 42.6 Å². The van der Waals surface area contributed by atoms with E-state index in [0.717, 1.165) is 16.8 Å². The number of benzene rings is 2. The highest BCUT2D eigenvalue weighted by Crippen LogP contribution is 2.35. The molecule has 0 aliphatic heterocycles. The second-order valence-corrected chi connectivity index (χ2v) is 8.44. The molecule has 200 valence electrons. The molecule has 0 aliphatic rings. The van der Waals surface area contributed by atoms with Crippen LogP contribution in [0.25, 0.3) is 0 Å². The van der Waals surface area contributed by atoms with Gasteiger partial charge in [-0.3, -0.25) is 4.79 Å². The number of rotatable bonds is 9. The average molecular weight is 537 g/mol. The van der Waals surface area contributed by atoms with Gasteiger partial charge in [-0.25, -0.2) is 4.98 Å². The lowest BCUT2D eigenvalue weighted by atomic mass is 10.1. The molecule has 0 unspecified atom stereocenters. The normalized spacial score (nSPS) is 10.7. The van der Waals surface area contributed by atoms with Crippen LogP contribution < -0.4 is 25.4 Å². The van der Waals surface area contributed by atoms with Gasteiger partial charge < -0.3 is 25.4 Å². The molecule has 0 fully saturated rings. The van der Waals surface area contributed by atoms with Crippen LogP contribution in [-0.4, -0.2) is 36.3 Å². The summed E-state index contributed by atoms with van der Waals surface area (Å²) < 4.78 is 48.2. The van der Waals surface area contributed by atoms with Crippen molar-refractivity contribution in [3.05, 3.63) is 64.8 Å². The van der Waals surface area contributed by atoms with Crippen molar-refractivity contribution in [1.82, 2.24) is 9.97 Å². The van der Waals surface area contributed by atoms with Crippen LogP contribution in [0.3, 0.4) is 0 Å². The number of halogens is 3. The van der Waals surface area contributed by atoms with Gasteiger partial charge in [0.1, 0.15) is 17.1 Å². The van der Waals surface area contributed by atoms with E-state index in [1.807, 2.05) is 56.6 Å². The third-order valence-corrected chi connectivity index (χ3v) is 5.87. The average Bonchev–Trinajstić information content (AvgIpc) is 2.88. The van der Waals surface area contributed by atoms with Crippen LogP contribution in [0.5, 0.6) is 5.75 Å². The predicted molar refractivity (Wildman–Crippen MR) is 144 cm³/mol. The van der Waals surface area contributed by atoms with Crippen molar-refractivity contribution in [2.75, 3.05) is 35.4 Å². The fourth-order valence-corrected chi connectivity index (χ4v) is 3.61. The zero-order valence-electron chi connectivity index (χ0n) is 21.5. The van der Waals surface area contributed by atoms with Gasteiger partial charge in [0.15, 0.2) is 0 Å². The standard InChI is InChI=1S/C23H25F3N6O2S.C2H6/c1-13-5-6-15(18(9-13)32(2)35-4)11-28-21-16(23(24,25)26)12-29-22(31-21)30-17-8-7-14(20(27)33)10-19(17)34-3;1-2/h5-10,12H,11H2,1-4H3,(H2,27,33)(H2,28,29,30,31);1-2H3. The van der Waals surface area contributed by atoms with Gasteiger partial charge in [-0.05, 0) is 42.3 Å². The molecule has 0 bridgehead atoms. The summed E-state index contributed by atoms with van der Waals surface area (Å²) >= 11 is 1.49. The number of hydrogen-bond donors (Lipinski definition) is 3. The van der Waals surface area contributed by atoms with E-state index < -0.39 is 17.6 Å². The molecule has 1 heterocycles. The largest absolute Gasteiger partial charge is 0.495 e. The number of primary amides is 1. The number of nitrogens with one attached hydrogen (secondary N) is 2. The van der Waals surface area contributed by atoms with Crippen LogP contribution in [-0.2, 0) is 12.7 Å². The first-order chi connectivity index (χ1) is 17.5. The molecule has 0 radical (unpaired) electrons. The number of carbonyl (C=O) groups is 1. The van der Waals surface area contributed by atoms with Crippen molar-refractivity contribution in [3.63, 3.8) is 0 Å². The zero-order chi connectivity index (χ0) is 27.8. The highest BCUT2D eigenvalue weighted by Gasteiger charge is 2.35. The van der Waals surface area contributed by atoms with Gasteiger partial charge in [0, 0.05) is 31.6 Å². The van der Waals surface area contributed by atoms with Gasteiger partial charge >= 0.3 is 6.18 Å². The molecule has 0 saturated heterocycles. The first-order valence-corrected chi connectivity index (χ1v) is 12.5. The first kappa shape index (κ1) is 29.6. The van der Waals surface area contributed by atoms with Crippen LogP contribution in [0, 0.1) is 6.92 Å². The fraction of sp³-hybridized carbons (Fsp3) is 0.320. The van der Waals surface area contributed by atoms with E-state index >= 15 is 0 Å². The van der Waals surface area contributed by atoms with Gasteiger partial charge in [-0.2, -0.15) is 18.2 Å². The Balaban J connectivity index is 0.00000235. The summed E-state index contributed by atoms with van der Waals surface area (Å²) in [6.45, 7) is 6.06. The monoisotopic (exact) mass is 536 g/mol. The van der Waals surface area contributed by atoms with Crippen LogP contribution in [0.2, 0.25) is 0 Å². The summed E-state index contributed by atoms with van der Waals surface area (Å²) in [6.07, 6.45) is -2.03. The summed E-state index contributed by atoms with van der Waals surface area (Å²) in [4.78, 5) is 19.3. The van der Waals surface area contributed by atoms with Crippen LogP contribution in [0.1, 0.15) is 40.9 Å². The molecule has 1 amide bonds. The summed E-state index contributed by atoms with van der Waals surface area (Å²) in [7, 11) is 3.27. The molecule has 4 N–H and O–H groups in total. The van der Waals surface area contributed by atoms with Crippen molar-refractivity contribution in [3.8, 4) is 5.75 Å². The number of methoxy groups -OCH3 is 1. The molecule has 0 aliphatic carbocycles. The van der Waals surface area contributed by atoms with Gasteiger partial charge in [-0.15, -0.1) is 0 Å². The second kappa shape index (κ2) is 13.0. The molecular weight excluding hydrogens is 505 g/mol. The minimum atomic E-state index is -4.66.